The highest BCUT2D eigenvalue weighted by atomic mass is 32.1. The molecule has 1 aliphatic rings. The summed E-state index contributed by atoms with van der Waals surface area (Å²) in [7, 11) is 3.46. The molecule has 1 aliphatic carbocycles. The van der Waals surface area contributed by atoms with E-state index in [-0.39, 0.29) is 11.9 Å². The van der Waals surface area contributed by atoms with Gasteiger partial charge in [0.25, 0.3) is 0 Å². The van der Waals surface area contributed by atoms with Crippen molar-refractivity contribution in [2.75, 3.05) is 14.2 Å². The van der Waals surface area contributed by atoms with Gasteiger partial charge in [-0.05, 0) is 62.1 Å². The van der Waals surface area contributed by atoms with E-state index in [0.717, 1.165) is 12.0 Å². The van der Waals surface area contributed by atoms with Gasteiger partial charge in [-0.15, -0.1) is 11.3 Å². The van der Waals surface area contributed by atoms with E-state index >= 15 is 0 Å². The number of thiophene rings is 1. The summed E-state index contributed by atoms with van der Waals surface area (Å²) in [5, 5.41) is 3.36. The lowest BCUT2D eigenvalue weighted by atomic mass is 10.0. The summed E-state index contributed by atoms with van der Waals surface area (Å²) in [6.45, 7) is 0. The van der Waals surface area contributed by atoms with Crippen LogP contribution in [0, 0.1) is 5.82 Å². The molecule has 1 heterocycles. The van der Waals surface area contributed by atoms with Gasteiger partial charge in [0.15, 0.2) is 11.6 Å². The van der Waals surface area contributed by atoms with Crippen molar-refractivity contribution in [1.82, 2.24) is 5.32 Å². The van der Waals surface area contributed by atoms with Gasteiger partial charge in [-0.2, -0.15) is 0 Å². The lowest BCUT2D eigenvalue weighted by molar-refractivity contribution is 0.386. The van der Waals surface area contributed by atoms with Gasteiger partial charge >= 0.3 is 0 Å². The van der Waals surface area contributed by atoms with Gasteiger partial charge in [0, 0.05) is 15.8 Å². The van der Waals surface area contributed by atoms with Gasteiger partial charge in [-0.3, -0.25) is 0 Å². The zero-order chi connectivity index (χ0) is 14.8. The lowest BCUT2D eigenvalue weighted by Gasteiger charge is -2.15. The number of likely N-dealkylation sites (N-methyl/N-ethyl adjacent to an activating group) is 1. The minimum absolute atomic E-state index is 0.244. The summed E-state index contributed by atoms with van der Waals surface area (Å²) in [6.07, 6.45) is 4.50. The molecule has 21 heavy (non-hydrogen) atoms. The maximum absolute atomic E-state index is 13.8. The van der Waals surface area contributed by atoms with E-state index in [1.165, 1.54) is 41.7 Å². The highest BCUT2D eigenvalue weighted by molar-refractivity contribution is 7.12. The quantitative estimate of drug-likeness (QED) is 0.905. The van der Waals surface area contributed by atoms with E-state index in [9.17, 15) is 4.39 Å². The van der Waals surface area contributed by atoms with E-state index in [1.807, 2.05) is 24.5 Å². The third-order valence-corrected chi connectivity index (χ3v) is 5.46. The Bertz CT molecular complexity index is 616. The zero-order valence-electron chi connectivity index (χ0n) is 12.4. The van der Waals surface area contributed by atoms with Gasteiger partial charge in [-0.1, -0.05) is 6.07 Å². The van der Waals surface area contributed by atoms with Crippen LogP contribution in [0.15, 0.2) is 24.3 Å². The molecule has 0 amide bonds. The molecule has 0 spiro atoms. The molecule has 4 heteroatoms. The molecule has 3 rings (SSSR count). The van der Waals surface area contributed by atoms with Crippen molar-refractivity contribution in [1.29, 1.82) is 0 Å². The van der Waals surface area contributed by atoms with Crippen LogP contribution in [-0.2, 0) is 19.3 Å². The second kappa shape index (κ2) is 6.16. The van der Waals surface area contributed by atoms with Crippen LogP contribution < -0.4 is 10.1 Å². The van der Waals surface area contributed by atoms with Crippen LogP contribution in [0.4, 0.5) is 4.39 Å². The number of ether oxygens (including phenoxy) is 1. The van der Waals surface area contributed by atoms with Gasteiger partial charge in [0.05, 0.1) is 7.11 Å². The molecule has 0 aliphatic heterocycles. The summed E-state index contributed by atoms with van der Waals surface area (Å²) in [5.41, 5.74) is 2.50. The van der Waals surface area contributed by atoms with Crippen LogP contribution in [0.25, 0.3) is 0 Å². The monoisotopic (exact) mass is 305 g/mol. The average molecular weight is 305 g/mol. The Morgan fingerprint density at radius 2 is 2.19 bits per heavy atom. The Morgan fingerprint density at radius 1 is 1.33 bits per heavy atom. The van der Waals surface area contributed by atoms with Crippen molar-refractivity contribution in [2.24, 2.45) is 0 Å². The third kappa shape index (κ3) is 2.97. The van der Waals surface area contributed by atoms with Crippen LogP contribution in [0.5, 0.6) is 5.75 Å². The molecule has 1 unspecified atom stereocenters. The second-order valence-corrected chi connectivity index (χ2v) is 6.63. The normalized spacial score (nSPS) is 15.0. The van der Waals surface area contributed by atoms with Crippen molar-refractivity contribution in [3.63, 3.8) is 0 Å². The number of rotatable bonds is 5. The summed E-state index contributed by atoms with van der Waals surface area (Å²) in [5.74, 6) is 0.00776. The SMILES string of the molecule is CNC(Cc1ccc(OC)c(F)c1)c1cc2c(s1)CCC2. The first-order valence-corrected chi connectivity index (χ1v) is 8.14. The van der Waals surface area contributed by atoms with E-state index in [2.05, 4.69) is 11.4 Å². The van der Waals surface area contributed by atoms with Crippen LogP contribution in [-0.4, -0.2) is 14.2 Å². The average Bonchev–Trinajstić information content (AvgIpc) is 3.06. The summed E-state index contributed by atoms with van der Waals surface area (Å²) >= 11 is 1.90. The molecule has 2 nitrogen and oxygen atoms in total. The Balaban J connectivity index is 1.79. The van der Waals surface area contributed by atoms with Crippen molar-refractivity contribution < 1.29 is 9.13 Å². The molecular weight excluding hydrogens is 285 g/mol. The number of methoxy groups -OCH3 is 1. The molecular formula is C17H20FNOS. The summed E-state index contributed by atoms with van der Waals surface area (Å²) < 4.78 is 18.8. The molecule has 1 atom stereocenters. The maximum atomic E-state index is 13.8. The fourth-order valence-electron chi connectivity index (χ4n) is 2.94. The van der Waals surface area contributed by atoms with E-state index < -0.39 is 0 Å². The first-order valence-electron chi connectivity index (χ1n) is 7.32. The Hall–Kier alpha value is -1.39. The summed E-state index contributed by atoms with van der Waals surface area (Å²) in [6, 6.07) is 7.78. The maximum Gasteiger partial charge on any atom is 0.165 e. The topological polar surface area (TPSA) is 21.3 Å². The highest BCUT2D eigenvalue weighted by Gasteiger charge is 2.20. The van der Waals surface area contributed by atoms with Crippen molar-refractivity contribution in [3.8, 4) is 5.75 Å². The van der Waals surface area contributed by atoms with Crippen LogP contribution in [0.3, 0.4) is 0 Å². The molecule has 1 aromatic heterocycles. The van der Waals surface area contributed by atoms with Gasteiger partial charge in [0.2, 0.25) is 0 Å². The second-order valence-electron chi connectivity index (χ2n) is 5.47. The predicted octanol–water partition coefficient (Wildman–Crippen LogP) is 3.89. The van der Waals surface area contributed by atoms with Gasteiger partial charge in [-0.25, -0.2) is 4.39 Å². The van der Waals surface area contributed by atoms with Crippen molar-refractivity contribution in [2.45, 2.75) is 31.7 Å². The van der Waals surface area contributed by atoms with Gasteiger partial charge in [0.1, 0.15) is 0 Å². The molecule has 0 saturated carbocycles. The first-order chi connectivity index (χ1) is 10.2. The molecule has 0 radical (unpaired) electrons. The number of benzene rings is 1. The number of halogens is 1. The third-order valence-electron chi connectivity index (χ3n) is 4.11. The minimum Gasteiger partial charge on any atom is -0.494 e. The van der Waals surface area contributed by atoms with E-state index in [0.29, 0.717) is 5.75 Å². The van der Waals surface area contributed by atoms with Crippen LogP contribution in [0.1, 0.15) is 33.3 Å². The minimum atomic E-state index is -0.293. The van der Waals surface area contributed by atoms with Gasteiger partial charge < -0.3 is 10.1 Å². The zero-order valence-corrected chi connectivity index (χ0v) is 13.2. The number of hydrogen-bond donors (Lipinski definition) is 1. The molecule has 0 saturated heterocycles. The number of hydrogen-bond acceptors (Lipinski definition) is 3. The number of fused-ring (bicyclic) bond motifs is 1. The van der Waals surface area contributed by atoms with E-state index in [1.54, 1.807) is 12.1 Å². The Morgan fingerprint density at radius 3 is 2.86 bits per heavy atom. The van der Waals surface area contributed by atoms with E-state index in [4.69, 9.17) is 4.74 Å². The Kier molecular flexibility index (Phi) is 4.27. The molecule has 0 bridgehead atoms. The van der Waals surface area contributed by atoms with Crippen molar-refractivity contribution in [3.05, 3.63) is 51.0 Å². The largest absolute Gasteiger partial charge is 0.494 e. The Labute approximate surface area is 129 Å². The van der Waals surface area contributed by atoms with Crippen LogP contribution >= 0.6 is 11.3 Å². The number of nitrogens with one attached hydrogen (secondary N) is 1. The molecule has 1 aromatic carbocycles. The predicted molar refractivity (Wildman–Crippen MR) is 84.8 cm³/mol. The fraction of sp³-hybridized carbons (Fsp3) is 0.412. The van der Waals surface area contributed by atoms with Crippen LogP contribution in [0.2, 0.25) is 0 Å². The smallest absolute Gasteiger partial charge is 0.165 e. The number of aryl methyl sites for hydroxylation is 2. The summed E-state index contributed by atoms with van der Waals surface area (Å²) in [4.78, 5) is 2.89. The highest BCUT2D eigenvalue weighted by Crippen LogP contribution is 2.35. The molecule has 1 N–H and O–H groups in total. The first kappa shape index (κ1) is 14.5. The fourth-order valence-corrected chi connectivity index (χ4v) is 4.31. The standard InChI is InChI=1S/C17H20FNOS/c1-19-14(17-10-12-4-3-5-16(12)21-17)9-11-6-7-15(20-2)13(18)8-11/h6-8,10,14,19H,3-5,9H2,1-2H3. The lowest BCUT2D eigenvalue weighted by Crippen LogP contribution is -2.17. The molecule has 0 fully saturated rings. The van der Waals surface area contributed by atoms with Crippen molar-refractivity contribution >= 4 is 11.3 Å². The molecule has 2 aromatic rings. The molecule has 112 valence electrons.